The van der Waals surface area contributed by atoms with E-state index < -0.39 is 29.7 Å². The highest BCUT2D eigenvalue weighted by Gasteiger charge is 2.39. The molecule has 1 aromatic carbocycles. The summed E-state index contributed by atoms with van der Waals surface area (Å²) in [6.07, 6.45) is -0.715. The molecule has 1 heterocycles. The molecule has 22 heavy (non-hydrogen) atoms. The number of benzene rings is 1. The van der Waals surface area contributed by atoms with Crippen molar-refractivity contribution in [1.82, 2.24) is 4.90 Å². The molecule has 1 aromatic rings. The molecule has 2 rings (SSSR count). The first-order valence-corrected chi connectivity index (χ1v) is 6.85. The van der Waals surface area contributed by atoms with Gasteiger partial charge in [-0.25, -0.2) is 8.78 Å². The van der Waals surface area contributed by atoms with Gasteiger partial charge in [-0.05, 0) is 12.1 Å². The molecule has 7 heteroatoms. The van der Waals surface area contributed by atoms with E-state index in [1.807, 2.05) is 0 Å². The van der Waals surface area contributed by atoms with Crippen molar-refractivity contribution in [3.05, 3.63) is 35.4 Å². The largest absolute Gasteiger partial charge is 0.376 e. The predicted octanol–water partition coefficient (Wildman–Crippen LogP) is 1.47. The van der Waals surface area contributed by atoms with Crippen LogP contribution in [0.15, 0.2) is 18.2 Å². The van der Waals surface area contributed by atoms with Gasteiger partial charge in [0.1, 0.15) is 23.8 Å². The fourth-order valence-corrected chi connectivity index (χ4v) is 2.59. The Balaban J connectivity index is 2.21. The molecule has 0 bridgehead atoms. The quantitative estimate of drug-likeness (QED) is 0.844. The highest BCUT2D eigenvalue weighted by Crippen LogP contribution is 2.21. The Morgan fingerprint density at radius 2 is 2.00 bits per heavy atom. The van der Waals surface area contributed by atoms with Crippen LogP contribution in [0, 0.1) is 11.6 Å². The molecule has 0 radical (unpaired) electrons. The third kappa shape index (κ3) is 3.26. The summed E-state index contributed by atoms with van der Waals surface area (Å²) in [5.41, 5.74) is -0.196. The van der Waals surface area contributed by atoms with E-state index in [1.165, 1.54) is 26.2 Å². The average Bonchev–Trinajstić information content (AvgIpc) is 2.52. The summed E-state index contributed by atoms with van der Waals surface area (Å²) < 4.78 is 42.9. The lowest BCUT2D eigenvalue weighted by Crippen LogP contribution is -2.57. The van der Waals surface area contributed by atoms with E-state index in [-0.39, 0.29) is 18.3 Å². The minimum absolute atomic E-state index is 0.196. The van der Waals surface area contributed by atoms with Crippen LogP contribution < -0.4 is 0 Å². The smallest absolute Gasteiger partial charge is 0.256 e. The van der Waals surface area contributed by atoms with Crippen molar-refractivity contribution in [2.24, 2.45) is 0 Å². The lowest BCUT2D eigenvalue weighted by atomic mass is 10.0. The maximum atomic E-state index is 13.8. The number of hydrogen-bond donors (Lipinski definition) is 0. The van der Waals surface area contributed by atoms with Crippen LogP contribution in [0.3, 0.4) is 0 Å². The third-order valence-electron chi connectivity index (χ3n) is 3.87. The van der Waals surface area contributed by atoms with Crippen molar-refractivity contribution in [2.45, 2.75) is 18.2 Å². The normalized spacial score (nSPS) is 25.0. The summed E-state index contributed by atoms with van der Waals surface area (Å²) in [6, 6.07) is 2.43. The number of hydrogen-bond acceptors (Lipinski definition) is 4. The molecule has 5 nitrogen and oxygen atoms in total. The molecule has 0 N–H and O–H groups in total. The van der Waals surface area contributed by atoms with Gasteiger partial charge in [-0.2, -0.15) is 0 Å². The van der Waals surface area contributed by atoms with E-state index in [4.69, 9.17) is 14.2 Å². The number of halogens is 2. The van der Waals surface area contributed by atoms with E-state index in [2.05, 4.69) is 0 Å². The lowest BCUT2D eigenvalue weighted by Gasteiger charge is -2.40. The Labute approximate surface area is 127 Å². The number of carbonyl (C=O) groups excluding carboxylic acids is 1. The Hall–Kier alpha value is -1.57. The number of amides is 1. The van der Waals surface area contributed by atoms with Gasteiger partial charge in [0.05, 0.1) is 24.8 Å². The van der Waals surface area contributed by atoms with Crippen molar-refractivity contribution < 1.29 is 27.8 Å². The molecule has 122 valence electrons. The first-order valence-electron chi connectivity index (χ1n) is 6.85. The van der Waals surface area contributed by atoms with Crippen LogP contribution in [-0.2, 0) is 14.2 Å². The Morgan fingerprint density at radius 3 is 2.59 bits per heavy atom. The van der Waals surface area contributed by atoms with Gasteiger partial charge in [0.15, 0.2) is 0 Å². The van der Waals surface area contributed by atoms with E-state index in [0.29, 0.717) is 12.7 Å². The molecule has 1 aliphatic rings. The number of nitrogens with zero attached hydrogens (tertiary/aromatic N) is 1. The Bertz CT molecular complexity index is 540. The predicted molar refractivity (Wildman–Crippen MR) is 74.7 cm³/mol. The molecule has 1 fully saturated rings. The number of carbonyl (C=O) groups is 1. The number of ether oxygens (including phenoxy) is 3. The summed E-state index contributed by atoms with van der Waals surface area (Å²) in [5, 5.41) is 0. The summed E-state index contributed by atoms with van der Waals surface area (Å²) in [5.74, 6) is -2.19. The highest BCUT2D eigenvalue weighted by atomic mass is 19.1. The van der Waals surface area contributed by atoms with Gasteiger partial charge in [-0.1, -0.05) is 0 Å². The van der Waals surface area contributed by atoms with Crippen LogP contribution in [0.5, 0.6) is 0 Å². The van der Waals surface area contributed by atoms with E-state index in [9.17, 15) is 13.6 Å². The topological polar surface area (TPSA) is 48.0 Å². The fraction of sp³-hybridized carbons (Fsp3) is 0.533. The maximum Gasteiger partial charge on any atom is 0.256 e. The summed E-state index contributed by atoms with van der Waals surface area (Å²) in [7, 11) is 4.58. The van der Waals surface area contributed by atoms with Crippen molar-refractivity contribution in [3.8, 4) is 0 Å². The molecule has 0 unspecified atom stereocenters. The van der Waals surface area contributed by atoms with Gasteiger partial charge < -0.3 is 19.1 Å². The summed E-state index contributed by atoms with van der Waals surface area (Å²) in [4.78, 5) is 13.8. The fourth-order valence-electron chi connectivity index (χ4n) is 2.59. The van der Waals surface area contributed by atoms with Crippen LogP contribution in [0.4, 0.5) is 8.78 Å². The van der Waals surface area contributed by atoms with Crippen molar-refractivity contribution >= 4 is 5.91 Å². The number of likely N-dealkylation sites (N-methyl/N-ethyl adjacent to an activating group) is 1. The van der Waals surface area contributed by atoms with Crippen LogP contribution in [0.2, 0.25) is 0 Å². The second-order valence-electron chi connectivity index (χ2n) is 5.12. The van der Waals surface area contributed by atoms with Gasteiger partial charge in [0, 0.05) is 27.3 Å². The van der Waals surface area contributed by atoms with Crippen molar-refractivity contribution in [2.75, 3.05) is 34.5 Å². The zero-order valence-electron chi connectivity index (χ0n) is 12.7. The van der Waals surface area contributed by atoms with Crippen molar-refractivity contribution in [3.63, 3.8) is 0 Å². The van der Waals surface area contributed by atoms with Gasteiger partial charge in [-0.3, -0.25) is 4.79 Å². The van der Waals surface area contributed by atoms with E-state index in [1.54, 1.807) is 0 Å². The zero-order chi connectivity index (χ0) is 16.3. The molecule has 0 saturated carbocycles. The second-order valence-corrected chi connectivity index (χ2v) is 5.12. The first kappa shape index (κ1) is 16.8. The Morgan fingerprint density at radius 1 is 1.27 bits per heavy atom. The number of rotatable bonds is 4. The molecule has 0 spiro atoms. The van der Waals surface area contributed by atoms with Crippen LogP contribution in [-0.4, -0.2) is 63.5 Å². The van der Waals surface area contributed by atoms with Gasteiger partial charge in [0.25, 0.3) is 5.91 Å². The Kier molecular flexibility index (Phi) is 5.44. The minimum atomic E-state index is -0.897. The molecule has 1 saturated heterocycles. The van der Waals surface area contributed by atoms with E-state index >= 15 is 0 Å². The third-order valence-corrected chi connectivity index (χ3v) is 3.87. The van der Waals surface area contributed by atoms with Gasteiger partial charge in [-0.15, -0.1) is 0 Å². The second kappa shape index (κ2) is 7.13. The van der Waals surface area contributed by atoms with Gasteiger partial charge >= 0.3 is 0 Å². The molecular formula is C15H19F2NO4. The minimum Gasteiger partial charge on any atom is -0.376 e. The number of methoxy groups -OCH3 is 2. The lowest BCUT2D eigenvalue weighted by molar-refractivity contribution is -0.147. The zero-order valence-corrected chi connectivity index (χ0v) is 12.7. The molecule has 1 aliphatic heterocycles. The van der Waals surface area contributed by atoms with Crippen LogP contribution >= 0.6 is 0 Å². The molecule has 0 aliphatic carbocycles. The SMILES string of the molecule is CO[C@H]1[C@H](N(C)C(=O)c2ccc(F)cc2F)COC[C@H]1OC. The maximum absolute atomic E-state index is 13.8. The van der Waals surface area contributed by atoms with Crippen LogP contribution in [0.25, 0.3) is 0 Å². The summed E-state index contributed by atoms with van der Waals surface area (Å²) >= 11 is 0. The van der Waals surface area contributed by atoms with Gasteiger partial charge in [0.2, 0.25) is 0 Å². The van der Waals surface area contributed by atoms with Crippen molar-refractivity contribution in [1.29, 1.82) is 0 Å². The molecule has 1 amide bonds. The average molecular weight is 315 g/mol. The summed E-state index contributed by atoms with van der Waals surface area (Å²) in [6.45, 7) is 0.613. The highest BCUT2D eigenvalue weighted by molar-refractivity contribution is 5.94. The monoisotopic (exact) mass is 315 g/mol. The standard InChI is InChI=1S/C15H19F2NO4/c1-18(12-7-22-8-13(20-2)14(12)21-3)15(19)10-5-4-9(16)6-11(10)17/h4-6,12-14H,7-8H2,1-3H3/t12-,13-,14+/m1/s1. The molecular weight excluding hydrogens is 296 g/mol. The molecule has 3 atom stereocenters. The van der Waals surface area contributed by atoms with Crippen LogP contribution in [0.1, 0.15) is 10.4 Å². The first-order chi connectivity index (χ1) is 10.5. The molecule has 0 aromatic heterocycles. The van der Waals surface area contributed by atoms with E-state index in [0.717, 1.165) is 12.1 Å².